The summed E-state index contributed by atoms with van der Waals surface area (Å²) in [6.07, 6.45) is 1.78. The molecule has 1 aromatic rings. The number of benzene rings is 1. The highest BCUT2D eigenvalue weighted by molar-refractivity contribution is 5.39. The lowest BCUT2D eigenvalue weighted by Gasteiger charge is -2.03. The monoisotopic (exact) mass is 179 g/mol. The highest BCUT2D eigenvalue weighted by Gasteiger charge is 2.07. The van der Waals surface area contributed by atoms with E-state index in [1.807, 2.05) is 13.0 Å². The van der Waals surface area contributed by atoms with Crippen LogP contribution in [0.5, 0.6) is 0 Å². The van der Waals surface area contributed by atoms with Crippen LogP contribution in [0.3, 0.4) is 0 Å². The van der Waals surface area contributed by atoms with Gasteiger partial charge in [0.15, 0.2) is 0 Å². The van der Waals surface area contributed by atoms with Crippen LogP contribution in [0.25, 0.3) is 0 Å². The first-order chi connectivity index (χ1) is 6.19. The van der Waals surface area contributed by atoms with Crippen molar-refractivity contribution in [3.63, 3.8) is 0 Å². The van der Waals surface area contributed by atoms with E-state index in [1.165, 1.54) is 5.56 Å². The molecule has 70 valence electrons. The average molecular weight is 179 g/mol. The van der Waals surface area contributed by atoms with Crippen LogP contribution in [0.1, 0.15) is 25.0 Å². The van der Waals surface area contributed by atoms with Crippen LogP contribution in [0.15, 0.2) is 18.2 Å². The summed E-state index contributed by atoms with van der Waals surface area (Å²) in [5, 5.41) is 10.5. The minimum atomic E-state index is -0.349. The van der Waals surface area contributed by atoms with Crippen LogP contribution in [0.4, 0.5) is 5.69 Å². The van der Waals surface area contributed by atoms with Crippen LogP contribution in [0.2, 0.25) is 0 Å². The van der Waals surface area contributed by atoms with Crippen molar-refractivity contribution in [3.05, 3.63) is 39.4 Å². The molecule has 1 aromatic carbocycles. The van der Waals surface area contributed by atoms with Gasteiger partial charge in [0.25, 0.3) is 5.69 Å². The summed E-state index contributed by atoms with van der Waals surface area (Å²) in [6.45, 7) is 4.07. The largest absolute Gasteiger partial charge is 0.269 e. The molecule has 0 spiro atoms. The van der Waals surface area contributed by atoms with Crippen molar-refractivity contribution < 1.29 is 4.92 Å². The summed E-state index contributed by atoms with van der Waals surface area (Å²) in [6, 6.07) is 5.08. The molecule has 0 fully saturated rings. The molecule has 0 heterocycles. The zero-order chi connectivity index (χ0) is 9.84. The first kappa shape index (κ1) is 9.71. The normalized spacial score (nSPS) is 10.0. The lowest BCUT2D eigenvalue weighted by Crippen LogP contribution is -1.94. The summed E-state index contributed by atoms with van der Waals surface area (Å²) in [5.74, 6) is 0. The smallest absolute Gasteiger partial charge is 0.258 e. The van der Waals surface area contributed by atoms with E-state index in [0.29, 0.717) is 0 Å². The fourth-order valence-electron chi connectivity index (χ4n) is 1.40. The number of aryl methyl sites for hydroxylation is 2. The van der Waals surface area contributed by atoms with Crippen LogP contribution in [-0.2, 0) is 12.8 Å². The molecule has 0 N–H and O–H groups in total. The second kappa shape index (κ2) is 4.03. The van der Waals surface area contributed by atoms with Gasteiger partial charge in [-0.3, -0.25) is 10.1 Å². The van der Waals surface area contributed by atoms with Crippen molar-refractivity contribution in [3.8, 4) is 0 Å². The van der Waals surface area contributed by atoms with Crippen LogP contribution in [0, 0.1) is 10.1 Å². The molecule has 0 aromatic heterocycles. The molecular formula is C10H13NO2. The topological polar surface area (TPSA) is 43.1 Å². The predicted octanol–water partition coefficient (Wildman–Crippen LogP) is 2.72. The Morgan fingerprint density at radius 2 is 1.85 bits per heavy atom. The predicted molar refractivity (Wildman–Crippen MR) is 51.9 cm³/mol. The lowest BCUT2D eigenvalue weighted by atomic mass is 10.0. The Bertz CT molecular complexity index is 321. The molecule has 0 atom stereocenters. The summed E-state index contributed by atoms with van der Waals surface area (Å²) in [4.78, 5) is 10.1. The fraction of sp³-hybridized carbons (Fsp3) is 0.400. The van der Waals surface area contributed by atoms with Crippen molar-refractivity contribution in [2.24, 2.45) is 0 Å². The van der Waals surface area contributed by atoms with Gasteiger partial charge in [-0.1, -0.05) is 19.9 Å². The third-order valence-corrected chi connectivity index (χ3v) is 2.16. The van der Waals surface area contributed by atoms with Crippen LogP contribution < -0.4 is 0 Å². The molecule has 0 aliphatic rings. The second-order valence-electron chi connectivity index (χ2n) is 2.92. The zero-order valence-electron chi connectivity index (χ0n) is 7.91. The number of rotatable bonds is 3. The Morgan fingerprint density at radius 3 is 2.31 bits per heavy atom. The van der Waals surface area contributed by atoms with Gasteiger partial charge in [0, 0.05) is 12.1 Å². The van der Waals surface area contributed by atoms with Crippen molar-refractivity contribution in [1.29, 1.82) is 0 Å². The van der Waals surface area contributed by atoms with Crippen molar-refractivity contribution in [1.82, 2.24) is 0 Å². The SMILES string of the molecule is CCc1ccc([N+](=O)[O-])cc1CC. The highest BCUT2D eigenvalue weighted by atomic mass is 16.6. The quantitative estimate of drug-likeness (QED) is 0.529. The fourth-order valence-corrected chi connectivity index (χ4v) is 1.40. The van der Waals surface area contributed by atoms with Gasteiger partial charge in [0.1, 0.15) is 0 Å². The Balaban J connectivity index is 3.13. The van der Waals surface area contributed by atoms with Gasteiger partial charge in [-0.25, -0.2) is 0 Å². The van der Waals surface area contributed by atoms with Crippen molar-refractivity contribution in [2.45, 2.75) is 26.7 Å². The van der Waals surface area contributed by atoms with Crippen LogP contribution in [-0.4, -0.2) is 4.92 Å². The number of non-ortho nitro benzene ring substituents is 1. The Labute approximate surface area is 77.5 Å². The molecule has 0 unspecified atom stereocenters. The van der Waals surface area contributed by atoms with Gasteiger partial charge in [-0.2, -0.15) is 0 Å². The standard InChI is InChI=1S/C10H13NO2/c1-3-8-5-6-10(11(12)13)7-9(8)4-2/h5-7H,3-4H2,1-2H3. The molecule has 0 aliphatic heterocycles. The summed E-state index contributed by atoms with van der Waals surface area (Å²) < 4.78 is 0. The van der Waals surface area contributed by atoms with Gasteiger partial charge >= 0.3 is 0 Å². The van der Waals surface area contributed by atoms with Gasteiger partial charge in [-0.15, -0.1) is 0 Å². The average Bonchev–Trinajstić information content (AvgIpc) is 2.16. The first-order valence-corrected chi connectivity index (χ1v) is 4.45. The van der Waals surface area contributed by atoms with Gasteiger partial charge < -0.3 is 0 Å². The van der Waals surface area contributed by atoms with E-state index in [4.69, 9.17) is 0 Å². The maximum Gasteiger partial charge on any atom is 0.269 e. The van der Waals surface area contributed by atoms with Gasteiger partial charge in [0.05, 0.1) is 4.92 Å². The van der Waals surface area contributed by atoms with E-state index in [9.17, 15) is 10.1 Å². The molecule has 0 saturated heterocycles. The van der Waals surface area contributed by atoms with Gasteiger partial charge in [-0.05, 0) is 24.0 Å². The maximum atomic E-state index is 10.5. The van der Waals surface area contributed by atoms with E-state index >= 15 is 0 Å². The van der Waals surface area contributed by atoms with E-state index in [-0.39, 0.29) is 10.6 Å². The molecule has 0 bridgehead atoms. The van der Waals surface area contributed by atoms with E-state index < -0.39 is 0 Å². The Kier molecular flexibility index (Phi) is 3.01. The van der Waals surface area contributed by atoms with E-state index in [1.54, 1.807) is 12.1 Å². The third-order valence-electron chi connectivity index (χ3n) is 2.16. The highest BCUT2D eigenvalue weighted by Crippen LogP contribution is 2.18. The number of hydrogen-bond donors (Lipinski definition) is 0. The molecule has 0 aliphatic carbocycles. The molecule has 0 radical (unpaired) electrons. The minimum absolute atomic E-state index is 0.189. The number of hydrogen-bond acceptors (Lipinski definition) is 2. The molecular weight excluding hydrogens is 166 g/mol. The molecule has 0 amide bonds. The Hall–Kier alpha value is -1.38. The molecule has 3 heteroatoms. The summed E-state index contributed by atoms with van der Waals surface area (Å²) in [5.41, 5.74) is 2.47. The van der Waals surface area contributed by atoms with Crippen molar-refractivity contribution in [2.75, 3.05) is 0 Å². The van der Waals surface area contributed by atoms with E-state index in [0.717, 1.165) is 18.4 Å². The summed E-state index contributed by atoms with van der Waals surface area (Å²) >= 11 is 0. The molecule has 1 rings (SSSR count). The van der Waals surface area contributed by atoms with Crippen molar-refractivity contribution >= 4 is 5.69 Å². The maximum absolute atomic E-state index is 10.5. The molecule has 13 heavy (non-hydrogen) atoms. The second-order valence-corrected chi connectivity index (χ2v) is 2.92. The Morgan fingerprint density at radius 1 is 1.23 bits per heavy atom. The zero-order valence-corrected chi connectivity index (χ0v) is 7.91. The van der Waals surface area contributed by atoms with Crippen LogP contribution >= 0.6 is 0 Å². The van der Waals surface area contributed by atoms with Gasteiger partial charge in [0.2, 0.25) is 0 Å². The minimum Gasteiger partial charge on any atom is -0.258 e. The molecule has 0 saturated carbocycles. The first-order valence-electron chi connectivity index (χ1n) is 4.45. The third kappa shape index (κ3) is 2.05. The van der Waals surface area contributed by atoms with E-state index in [2.05, 4.69) is 6.92 Å². The number of nitro groups is 1. The molecule has 3 nitrogen and oxygen atoms in total. The number of nitrogens with zero attached hydrogens (tertiary/aromatic N) is 1. The lowest BCUT2D eigenvalue weighted by molar-refractivity contribution is -0.384. The number of nitro benzene ring substituents is 1. The summed E-state index contributed by atoms with van der Waals surface area (Å²) in [7, 11) is 0.